The predicted molar refractivity (Wildman–Crippen MR) is 76.3 cm³/mol. The molecule has 0 saturated heterocycles. The third kappa shape index (κ3) is 4.78. The van der Waals surface area contributed by atoms with E-state index in [-0.39, 0.29) is 12.5 Å². The maximum absolute atomic E-state index is 11.9. The molecule has 0 aromatic carbocycles. The van der Waals surface area contributed by atoms with Gasteiger partial charge in [-0.3, -0.25) is 4.79 Å². The zero-order chi connectivity index (χ0) is 13.4. The highest BCUT2D eigenvalue weighted by Crippen LogP contribution is 2.22. The Balaban J connectivity index is 2.27. The highest BCUT2D eigenvalue weighted by molar-refractivity contribution is 7.14. The molecular formula is C14H23NO2S. The van der Waals surface area contributed by atoms with Crippen molar-refractivity contribution in [3.63, 3.8) is 0 Å². The van der Waals surface area contributed by atoms with Gasteiger partial charge >= 0.3 is 0 Å². The smallest absolute Gasteiger partial charge is 0.261 e. The Bertz CT molecular complexity index is 374. The normalized spacial score (nSPS) is 10.6. The van der Waals surface area contributed by atoms with Crippen LogP contribution >= 0.6 is 11.3 Å². The molecule has 3 nitrogen and oxygen atoms in total. The molecule has 0 spiro atoms. The van der Waals surface area contributed by atoms with Crippen LogP contribution in [0.3, 0.4) is 0 Å². The molecule has 0 saturated carbocycles. The van der Waals surface area contributed by atoms with Gasteiger partial charge in [0.1, 0.15) is 0 Å². The SMILES string of the molecule is CCc1sc(C(=O)NCCCCCCO)cc1C. The molecular weight excluding hydrogens is 246 g/mol. The first-order valence-corrected chi connectivity index (χ1v) is 7.49. The molecule has 0 unspecified atom stereocenters. The molecule has 0 aliphatic heterocycles. The molecule has 1 heterocycles. The summed E-state index contributed by atoms with van der Waals surface area (Å²) in [6, 6.07) is 1.98. The first-order valence-electron chi connectivity index (χ1n) is 6.67. The van der Waals surface area contributed by atoms with E-state index in [1.54, 1.807) is 11.3 Å². The van der Waals surface area contributed by atoms with Crippen molar-refractivity contribution < 1.29 is 9.90 Å². The molecule has 4 heteroatoms. The molecule has 1 aromatic heterocycles. The van der Waals surface area contributed by atoms with Gasteiger partial charge < -0.3 is 10.4 Å². The summed E-state index contributed by atoms with van der Waals surface area (Å²) < 4.78 is 0. The fraction of sp³-hybridized carbons (Fsp3) is 0.643. The molecule has 0 bridgehead atoms. The average molecular weight is 269 g/mol. The molecule has 1 rings (SSSR count). The van der Waals surface area contributed by atoms with Gasteiger partial charge in [-0.05, 0) is 37.8 Å². The van der Waals surface area contributed by atoms with Crippen LogP contribution in [0.5, 0.6) is 0 Å². The summed E-state index contributed by atoms with van der Waals surface area (Å²) in [6.07, 6.45) is 4.93. The van der Waals surface area contributed by atoms with Crippen LogP contribution in [0.2, 0.25) is 0 Å². The number of hydrogen-bond donors (Lipinski definition) is 2. The van der Waals surface area contributed by atoms with Crippen molar-refractivity contribution in [1.82, 2.24) is 5.32 Å². The first kappa shape index (κ1) is 15.2. The molecule has 2 N–H and O–H groups in total. The van der Waals surface area contributed by atoms with Crippen LogP contribution in [0.25, 0.3) is 0 Å². The van der Waals surface area contributed by atoms with E-state index in [0.717, 1.165) is 43.5 Å². The van der Waals surface area contributed by atoms with Crippen molar-refractivity contribution in [2.45, 2.75) is 46.0 Å². The van der Waals surface area contributed by atoms with Crippen LogP contribution in [0.15, 0.2) is 6.07 Å². The van der Waals surface area contributed by atoms with Gasteiger partial charge in [0.2, 0.25) is 0 Å². The van der Waals surface area contributed by atoms with Gasteiger partial charge in [-0.1, -0.05) is 19.8 Å². The van der Waals surface area contributed by atoms with Gasteiger partial charge in [0.05, 0.1) is 4.88 Å². The summed E-state index contributed by atoms with van der Waals surface area (Å²) in [5, 5.41) is 11.6. The first-order chi connectivity index (χ1) is 8.69. The molecule has 18 heavy (non-hydrogen) atoms. The number of aliphatic hydroxyl groups is 1. The fourth-order valence-electron chi connectivity index (χ4n) is 1.86. The number of aryl methyl sites for hydroxylation is 2. The van der Waals surface area contributed by atoms with Crippen molar-refractivity contribution in [3.05, 3.63) is 21.4 Å². The number of rotatable bonds is 8. The maximum atomic E-state index is 11.9. The summed E-state index contributed by atoms with van der Waals surface area (Å²) in [4.78, 5) is 14.0. The molecule has 1 aromatic rings. The number of nitrogens with one attached hydrogen (secondary N) is 1. The van der Waals surface area contributed by atoms with Gasteiger partial charge in [0.25, 0.3) is 5.91 Å². The minimum absolute atomic E-state index is 0.0463. The van der Waals surface area contributed by atoms with Gasteiger partial charge in [0.15, 0.2) is 0 Å². The highest BCUT2D eigenvalue weighted by Gasteiger charge is 2.10. The zero-order valence-electron chi connectivity index (χ0n) is 11.3. The van der Waals surface area contributed by atoms with E-state index in [1.165, 1.54) is 10.4 Å². The number of unbranched alkanes of at least 4 members (excludes halogenated alkanes) is 3. The second-order valence-electron chi connectivity index (χ2n) is 4.46. The van der Waals surface area contributed by atoms with E-state index in [1.807, 2.05) is 6.07 Å². The Kier molecular flexibility index (Phi) is 6.98. The van der Waals surface area contributed by atoms with Crippen LogP contribution in [0, 0.1) is 6.92 Å². The lowest BCUT2D eigenvalue weighted by molar-refractivity contribution is 0.0957. The topological polar surface area (TPSA) is 49.3 Å². The molecule has 0 atom stereocenters. The number of thiophene rings is 1. The quantitative estimate of drug-likeness (QED) is 0.713. The molecule has 0 aliphatic rings. The van der Waals surface area contributed by atoms with Crippen LogP contribution in [0.1, 0.15) is 52.7 Å². The van der Waals surface area contributed by atoms with E-state index in [9.17, 15) is 4.79 Å². The van der Waals surface area contributed by atoms with E-state index in [0.29, 0.717) is 0 Å². The minimum Gasteiger partial charge on any atom is -0.396 e. The lowest BCUT2D eigenvalue weighted by Crippen LogP contribution is -2.23. The number of amides is 1. The number of carbonyl (C=O) groups excluding carboxylic acids is 1. The summed E-state index contributed by atoms with van der Waals surface area (Å²) >= 11 is 1.59. The lowest BCUT2D eigenvalue weighted by atomic mass is 10.2. The Morgan fingerprint density at radius 2 is 2.06 bits per heavy atom. The zero-order valence-corrected chi connectivity index (χ0v) is 12.1. The minimum atomic E-state index is 0.0463. The summed E-state index contributed by atoms with van der Waals surface area (Å²) in [5.41, 5.74) is 1.22. The monoisotopic (exact) mass is 269 g/mol. The average Bonchev–Trinajstić information content (AvgIpc) is 2.74. The van der Waals surface area contributed by atoms with E-state index in [4.69, 9.17) is 5.11 Å². The second kappa shape index (κ2) is 8.27. The van der Waals surface area contributed by atoms with Crippen molar-refractivity contribution in [1.29, 1.82) is 0 Å². The van der Waals surface area contributed by atoms with Crippen molar-refractivity contribution >= 4 is 17.2 Å². The Labute approximate surface area is 113 Å². The fourth-order valence-corrected chi connectivity index (χ4v) is 2.89. The number of carbonyl (C=O) groups is 1. The van der Waals surface area contributed by atoms with E-state index < -0.39 is 0 Å². The Morgan fingerprint density at radius 1 is 1.33 bits per heavy atom. The number of hydrogen-bond acceptors (Lipinski definition) is 3. The van der Waals surface area contributed by atoms with Gasteiger partial charge in [0, 0.05) is 18.0 Å². The summed E-state index contributed by atoms with van der Waals surface area (Å²) in [5.74, 6) is 0.0463. The molecule has 0 aliphatic carbocycles. The summed E-state index contributed by atoms with van der Waals surface area (Å²) in [6.45, 7) is 5.16. The molecule has 0 radical (unpaired) electrons. The third-order valence-electron chi connectivity index (χ3n) is 2.94. The summed E-state index contributed by atoms with van der Waals surface area (Å²) in [7, 11) is 0. The van der Waals surface area contributed by atoms with Crippen molar-refractivity contribution in [2.75, 3.05) is 13.2 Å². The van der Waals surface area contributed by atoms with Crippen LogP contribution in [-0.4, -0.2) is 24.2 Å². The van der Waals surface area contributed by atoms with Gasteiger partial charge in [-0.25, -0.2) is 0 Å². The van der Waals surface area contributed by atoms with E-state index >= 15 is 0 Å². The largest absolute Gasteiger partial charge is 0.396 e. The Hall–Kier alpha value is -0.870. The molecule has 0 fully saturated rings. The lowest BCUT2D eigenvalue weighted by Gasteiger charge is -2.03. The van der Waals surface area contributed by atoms with Crippen LogP contribution in [-0.2, 0) is 6.42 Å². The standard InChI is InChI=1S/C14H23NO2S/c1-3-12-11(2)10-13(18-12)14(17)15-8-6-4-5-7-9-16/h10,16H,3-9H2,1-2H3,(H,15,17). The second-order valence-corrected chi connectivity index (χ2v) is 5.60. The molecule has 102 valence electrons. The maximum Gasteiger partial charge on any atom is 0.261 e. The molecule has 1 amide bonds. The van der Waals surface area contributed by atoms with Crippen molar-refractivity contribution in [3.8, 4) is 0 Å². The van der Waals surface area contributed by atoms with Crippen molar-refractivity contribution in [2.24, 2.45) is 0 Å². The number of aliphatic hydroxyl groups excluding tert-OH is 1. The highest BCUT2D eigenvalue weighted by atomic mass is 32.1. The van der Waals surface area contributed by atoms with Crippen LogP contribution < -0.4 is 5.32 Å². The van der Waals surface area contributed by atoms with Gasteiger partial charge in [-0.2, -0.15) is 0 Å². The predicted octanol–water partition coefficient (Wildman–Crippen LogP) is 2.90. The Morgan fingerprint density at radius 3 is 2.67 bits per heavy atom. The van der Waals surface area contributed by atoms with E-state index in [2.05, 4.69) is 19.2 Å². The van der Waals surface area contributed by atoms with Crippen LogP contribution in [0.4, 0.5) is 0 Å². The van der Waals surface area contributed by atoms with Gasteiger partial charge in [-0.15, -0.1) is 11.3 Å². The third-order valence-corrected chi connectivity index (χ3v) is 4.32.